The zero-order chi connectivity index (χ0) is 8.54. The van der Waals surface area contributed by atoms with Crippen molar-refractivity contribution in [1.82, 2.24) is 5.32 Å². The van der Waals surface area contributed by atoms with Gasteiger partial charge in [0.2, 0.25) is 0 Å². The Balaban J connectivity index is 0.00000121. The number of rotatable bonds is 2. The molecule has 0 radical (unpaired) electrons. The highest BCUT2D eigenvalue weighted by Crippen LogP contribution is 2.36. The third-order valence-corrected chi connectivity index (χ3v) is 2.84. The second-order valence-electron chi connectivity index (χ2n) is 3.92. The number of hydrogen-bond acceptors (Lipinski definition) is 3. The summed E-state index contributed by atoms with van der Waals surface area (Å²) in [5.41, 5.74) is -1.11. The van der Waals surface area contributed by atoms with Gasteiger partial charge >= 0.3 is 0 Å². The summed E-state index contributed by atoms with van der Waals surface area (Å²) < 4.78 is 0. The Kier molecular flexibility index (Phi) is 3.97. The summed E-state index contributed by atoms with van der Waals surface area (Å²) in [6.07, 6.45) is 0.854. The Morgan fingerprint density at radius 3 is 2.25 bits per heavy atom. The molecule has 74 valence electrons. The summed E-state index contributed by atoms with van der Waals surface area (Å²) >= 11 is 0. The van der Waals surface area contributed by atoms with Crippen LogP contribution in [0.4, 0.5) is 0 Å². The topological polar surface area (TPSA) is 52.5 Å². The standard InChI is InChI=1S/C8H17NO2.ClH/c1-7(2,11)8(6-10)3-4-9-5-8;/h9-11H,3-6H2,1-2H3;1H. The van der Waals surface area contributed by atoms with Crippen LogP contribution in [0.1, 0.15) is 20.3 Å². The summed E-state index contributed by atoms with van der Waals surface area (Å²) in [6.45, 7) is 5.19. The lowest BCUT2D eigenvalue weighted by atomic mass is 9.74. The van der Waals surface area contributed by atoms with E-state index in [1.54, 1.807) is 13.8 Å². The van der Waals surface area contributed by atoms with E-state index in [0.29, 0.717) is 6.54 Å². The minimum Gasteiger partial charge on any atom is -0.396 e. The van der Waals surface area contributed by atoms with Crippen molar-refractivity contribution in [3.63, 3.8) is 0 Å². The number of hydrogen-bond donors (Lipinski definition) is 3. The normalized spacial score (nSPS) is 30.0. The molecule has 1 aliphatic rings. The van der Waals surface area contributed by atoms with Crippen LogP contribution >= 0.6 is 12.4 Å². The van der Waals surface area contributed by atoms with Gasteiger partial charge in [0.25, 0.3) is 0 Å². The minimum absolute atomic E-state index is 0. The Labute approximate surface area is 79.6 Å². The molecule has 0 aromatic rings. The number of halogens is 1. The molecular weight excluding hydrogens is 178 g/mol. The molecule has 1 saturated heterocycles. The molecule has 3 N–H and O–H groups in total. The van der Waals surface area contributed by atoms with Crippen LogP contribution in [0.3, 0.4) is 0 Å². The van der Waals surface area contributed by atoms with Crippen LogP contribution in [-0.2, 0) is 0 Å². The van der Waals surface area contributed by atoms with Crippen molar-refractivity contribution < 1.29 is 10.2 Å². The van der Waals surface area contributed by atoms with Crippen molar-refractivity contribution in [1.29, 1.82) is 0 Å². The molecule has 0 spiro atoms. The number of nitrogens with one attached hydrogen (secondary N) is 1. The highest BCUT2D eigenvalue weighted by atomic mass is 35.5. The molecule has 1 rings (SSSR count). The van der Waals surface area contributed by atoms with Gasteiger partial charge in [0.05, 0.1) is 12.2 Å². The summed E-state index contributed by atoms with van der Waals surface area (Å²) in [4.78, 5) is 0. The van der Waals surface area contributed by atoms with Gasteiger partial charge in [-0.25, -0.2) is 0 Å². The zero-order valence-electron chi connectivity index (χ0n) is 7.63. The molecule has 12 heavy (non-hydrogen) atoms. The van der Waals surface area contributed by atoms with E-state index in [1.807, 2.05) is 0 Å². The van der Waals surface area contributed by atoms with Crippen molar-refractivity contribution in [2.24, 2.45) is 5.41 Å². The van der Waals surface area contributed by atoms with Crippen LogP contribution in [0.25, 0.3) is 0 Å². The van der Waals surface area contributed by atoms with Crippen molar-refractivity contribution in [3.05, 3.63) is 0 Å². The number of aliphatic hydroxyl groups excluding tert-OH is 1. The molecule has 0 aliphatic carbocycles. The van der Waals surface area contributed by atoms with Gasteiger partial charge < -0.3 is 15.5 Å². The van der Waals surface area contributed by atoms with Crippen LogP contribution < -0.4 is 5.32 Å². The second kappa shape index (κ2) is 3.92. The largest absolute Gasteiger partial charge is 0.396 e. The van der Waals surface area contributed by atoms with Gasteiger partial charge in [-0.3, -0.25) is 0 Å². The first kappa shape index (κ1) is 12.2. The van der Waals surface area contributed by atoms with Gasteiger partial charge in [0, 0.05) is 12.0 Å². The van der Waals surface area contributed by atoms with Gasteiger partial charge in [-0.1, -0.05) is 0 Å². The summed E-state index contributed by atoms with van der Waals surface area (Å²) in [6, 6.07) is 0. The van der Waals surface area contributed by atoms with Crippen LogP contribution in [0.5, 0.6) is 0 Å². The van der Waals surface area contributed by atoms with Gasteiger partial charge in [0.1, 0.15) is 0 Å². The molecule has 0 saturated carbocycles. The third-order valence-electron chi connectivity index (χ3n) is 2.84. The lowest BCUT2D eigenvalue weighted by Gasteiger charge is -2.38. The maximum atomic E-state index is 9.77. The summed E-state index contributed by atoms with van der Waals surface area (Å²) in [7, 11) is 0. The smallest absolute Gasteiger partial charge is 0.0682 e. The highest BCUT2D eigenvalue weighted by molar-refractivity contribution is 5.85. The lowest BCUT2D eigenvalue weighted by molar-refractivity contribution is -0.0723. The van der Waals surface area contributed by atoms with Crippen LogP contribution in [0.15, 0.2) is 0 Å². The van der Waals surface area contributed by atoms with Crippen LogP contribution in [0, 0.1) is 5.41 Å². The second-order valence-corrected chi connectivity index (χ2v) is 3.92. The molecule has 0 aromatic heterocycles. The maximum Gasteiger partial charge on any atom is 0.0682 e. The van der Waals surface area contributed by atoms with E-state index >= 15 is 0 Å². The van der Waals surface area contributed by atoms with E-state index in [-0.39, 0.29) is 24.4 Å². The van der Waals surface area contributed by atoms with Crippen molar-refractivity contribution in [2.45, 2.75) is 25.9 Å². The lowest BCUT2D eigenvalue weighted by Crippen LogP contribution is -2.47. The summed E-state index contributed by atoms with van der Waals surface area (Å²) in [5.74, 6) is 0. The van der Waals surface area contributed by atoms with E-state index in [2.05, 4.69) is 5.32 Å². The predicted molar refractivity (Wildman–Crippen MR) is 50.6 cm³/mol. The number of aliphatic hydroxyl groups is 2. The third kappa shape index (κ3) is 1.91. The van der Waals surface area contributed by atoms with E-state index in [1.165, 1.54) is 0 Å². The molecule has 1 unspecified atom stereocenters. The molecule has 4 heteroatoms. The van der Waals surface area contributed by atoms with Crippen molar-refractivity contribution in [2.75, 3.05) is 19.7 Å². The van der Waals surface area contributed by atoms with Crippen molar-refractivity contribution >= 4 is 12.4 Å². The molecule has 1 heterocycles. The Morgan fingerprint density at radius 1 is 1.50 bits per heavy atom. The molecule has 1 aliphatic heterocycles. The molecule has 0 bridgehead atoms. The molecule has 0 amide bonds. The van der Waals surface area contributed by atoms with Gasteiger partial charge in [0.15, 0.2) is 0 Å². The van der Waals surface area contributed by atoms with Gasteiger partial charge in [-0.05, 0) is 26.8 Å². The van der Waals surface area contributed by atoms with E-state index in [4.69, 9.17) is 5.11 Å². The molecule has 3 nitrogen and oxygen atoms in total. The summed E-state index contributed by atoms with van der Waals surface area (Å²) in [5, 5.41) is 22.1. The molecule has 1 fully saturated rings. The fourth-order valence-corrected chi connectivity index (χ4v) is 1.59. The fourth-order valence-electron chi connectivity index (χ4n) is 1.59. The molecular formula is C8H18ClNO2. The Hall–Kier alpha value is 0.170. The predicted octanol–water partition coefficient (Wildman–Crippen LogP) is 0.151. The Bertz CT molecular complexity index is 138. The van der Waals surface area contributed by atoms with Crippen molar-refractivity contribution in [3.8, 4) is 0 Å². The minimum atomic E-state index is -0.786. The average molecular weight is 196 g/mol. The first-order valence-electron chi connectivity index (χ1n) is 4.06. The maximum absolute atomic E-state index is 9.77. The highest BCUT2D eigenvalue weighted by Gasteiger charge is 2.45. The van der Waals surface area contributed by atoms with E-state index < -0.39 is 5.60 Å². The SMILES string of the molecule is CC(C)(O)C1(CO)CCNC1.Cl. The fraction of sp³-hybridized carbons (Fsp3) is 1.00. The Morgan fingerprint density at radius 2 is 2.08 bits per heavy atom. The van der Waals surface area contributed by atoms with Crippen LogP contribution in [0.2, 0.25) is 0 Å². The quantitative estimate of drug-likeness (QED) is 0.588. The first-order chi connectivity index (χ1) is 5.02. The van der Waals surface area contributed by atoms with E-state index in [0.717, 1.165) is 13.0 Å². The first-order valence-corrected chi connectivity index (χ1v) is 4.06. The average Bonchev–Trinajstić information content (AvgIpc) is 2.33. The molecule has 0 aromatic carbocycles. The van der Waals surface area contributed by atoms with Gasteiger partial charge in [-0.2, -0.15) is 0 Å². The van der Waals surface area contributed by atoms with E-state index in [9.17, 15) is 5.11 Å². The zero-order valence-corrected chi connectivity index (χ0v) is 8.45. The molecule has 1 atom stereocenters. The monoisotopic (exact) mass is 195 g/mol. The van der Waals surface area contributed by atoms with Gasteiger partial charge in [-0.15, -0.1) is 12.4 Å². The van der Waals surface area contributed by atoms with Crippen LogP contribution in [-0.4, -0.2) is 35.5 Å².